The zero-order chi connectivity index (χ0) is 157. The predicted octanol–water partition coefficient (Wildman–Crippen LogP) is 37.3. The molecule has 3 aromatic heterocycles. The van der Waals surface area contributed by atoms with Crippen LogP contribution in [0, 0.1) is 0 Å². The number of para-hydroxylation sites is 3. The molecule has 3 heterocycles. The minimum absolute atomic E-state index is 0.412. The molecule has 0 unspecified atom stereocenters. The quantitative estimate of drug-likeness (QED) is 0.135. The van der Waals surface area contributed by atoms with E-state index in [0.717, 1.165) is 0 Å². The van der Waals surface area contributed by atoms with Crippen LogP contribution in [0.5, 0.6) is 0 Å². The molecule has 0 aliphatic carbocycles. The van der Waals surface area contributed by atoms with Gasteiger partial charge < -0.3 is 13.3 Å². The number of fused-ring (bicyclic) bond motifs is 19. The first-order chi connectivity index (χ1) is 99.3. The first-order valence-electron chi connectivity index (χ1n) is 79.2. The molecule has 0 fully saturated rings. The maximum absolute atomic E-state index is 9.90. The van der Waals surface area contributed by atoms with Crippen molar-refractivity contribution < 1.29 is 123 Å². The van der Waals surface area contributed by atoms with Gasteiger partial charge in [-0.25, -0.2) is 0 Å². The Morgan fingerprint density at radius 1 is 0.113 bits per heavy atom. The van der Waals surface area contributed by atoms with Crippen LogP contribution < -0.4 is 0 Å². The molecule has 0 saturated heterocycles. The molecule has 0 N–H and O–H groups in total. The Labute approximate surface area is 879 Å². The zero-order valence-electron chi connectivity index (χ0n) is 146. The van der Waals surface area contributed by atoms with Gasteiger partial charge in [0.25, 0.3) is 0 Å². The summed E-state index contributed by atoms with van der Waals surface area (Å²) < 4.78 is 735. The molecular formula is C130H80O3. The van der Waals surface area contributed by atoms with Crippen molar-refractivity contribution in [1.29, 1.82) is 0 Å². The standard InChI is InChI=1S/C46H28O.2C42H26O/c1-2-14-31-29(12-1)13-11-22-32(31)35-25-26-41(34-16-4-3-15-33(34)35)46-39-20-7-5-18-37(39)45(38-19-6-8-21-40(38)46)30-24-27-44-42(28-30)36-17-9-10-23-43(36)47-44;1-2-10-27(11-3-1)28-18-19-30-25-31(21-20-29(30)24-28)41-34-13-4-6-15-36(34)42(37-16-7-5-14-35(37)41)32-22-23-40-38(26-32)33-12-8-9-17-39(33)43-40;1-2-12-27(13-3-1)37-26-30(24-28-14-4-5-15-31(28)37)42-35-19-8-6-17-33(35)41(34-18-7-9-20-36(34)42)29-22-23-40-38(25-29)32-16-10-11-21-39(32)43-40/h1-28H;2*1-26H/i1D,2D,3D,4D,5D,6D,7D,8D,9D,10D,11D,12D,13D,14D,15D,16D,17D,18D,19D,20D,21D,22D,23D,24D,25D,26D,27D,28D;2*1D,2D,3D,4D,5D,6D,7D,8D,9D,10D,11D,12D,13D,14D,15D,16D,17D,18D,19D,20D,21D,22D,23D,24D,25D,26D. The highest BCUT2D eigenvalue weighted by Gasteiger charge is 2.25. The van der Waals surface area contributed by atoms with Crippen LogP contribution >= 0.6 is 0 Å². The number of rotatable bonds is 9. The predicted molar refractivity (Wildman–Crippen MR) is 565 cm³/mol. The van der Waals surface area contributed by atoms with Crippen LogP contribution in [0.1, 0.15) is 110 Å². The molecule has 0 radical (unpaired) electrons. The van der Waals surface area contributed by atoms with Gasteiger partial charge in [0.15, 0.2) is 0 Å². The minimum Gasteiger partial charge on any atom is -0.456 e. The summed E-state index contributed by atoms with van der Waals surface area (Å²) >= 11 is 0. The van der Waals surface area contributed by atoms with Crippen LogP contribution in [0.4, 0.5) is 0 Å². The average molecular weight is 1770 g/mol. The van der Waals surface area contributed by atoms with E-state index in [9.17, 15) is 38.4 Å². The topological polar surface area (TPSA) is 39.4 Å². The molecule has 0 spiro atoms. The Kier molecular flexibility index (Phi) is 7.44. The fourth-order valence-electron chi connectivity index (χ4n) is 16.1. The van der Waals surface area contributed by atoms with Crippen LogP contribution in [-0.4, -0.2) is 0 Å². The Hall–Kier alpha value is -17.5. The van der Waals surface area contributed by atoms with E-state index in [1.54, 1.807) is 0 Å². The van der Waals surface area contributed by atoms with Gasteiger partial charge in [0.2, 0.25) is 0 Å². The van der Waals surface area contributed by atoms with Gasteiger partial charge in [-0.15, -0.1) is 0 Å². The van der Waals surface area contributed by atoms with E-state index in [-0.39, 0.29) is 0 Å². The molecule has 3 nitrogen and oxygen atoms in total. The van der Waals surface area contributed by atoms with Crippen molar-refractivity contribution in [2.45, 2.75) is 0 Å². The molecule has 0 aliphatic heterocycles. The summed E-state index contributed by atoms with van der Waals surface area (Å²) in [6.07, 6.45) is 0. The third kappa shape index (κ3) is 13.0. The van der Waals surface area contributed by atoms with Gasteiger partial charge in [0.05, 0.1) is 110 Å². The smallest absolute Gasteiger partial charge is 0.135 e. The second kappa shape index (κ2) is 31.8. The fourth-order valence-corrected chi connectivity index (χ4v) is 16.1. The SMILES string of the molecule is [2H]c1c([2H])c([2H])c(-c2c([2H])c(-c3c4c([2H])c([2H])c([2H])c([2H])c4c(-c4c([2H])c([2H])c5oc6c([2H])c([2H])c([2H])c([2H])c6c5c4[2H])c4c([2H])c([2H])c([2H])c([2H])c34)c([2H])c3c([2H])c([2H])c([2H])c([2H])c23)c([2H])c1[2H].[2H]c1c([2H])c([2H])c(-c2c([2H])c([2H])c3c([2H])c(-c4c5c([2H])c([2H])c([2H])c([2H])c5c(-c5c([2H])c([2H])c6oc7c([2H])c([2H])c([2H])c([2H])c7c6c5[2H])c5c([2H])c([2H])c([2H])c([2H])c45)c([2H])c([2H])c3c2[2H])c([2H])c1[2H].[2H]c1c([2H])c([2H])c2c(oc3c([2H])c([2H])c(-c4c5c([2H])c([2H])c([2H])c([2H])c5c(-c5c([2H])c([2H])c(-c6c([2H])c([2H])c([2H])c7c([2H])c([2H])c([2H])c([2H])c67)c6c([2H])c([2H])c([2H])c([2H])c56)c5c([2H])c([2H])c([2H])c([2H])c45)c([2H])c32)c1[2H]. The van der Waals surface area contributed by atoms with Crippen LogP contribution in [0.25, 0.3) is 274 Å². The summed E-state index contributed by atoms with van der Waals surface area (Å²) in [5, 5.41) is -17.2. The van der Waals surface area contributed by atoms with Crippen molar-refractivity contribution >= 4 is 174 Å². The van der Waals surface area contributed by atoms with Crippen LogP contribution in [0.3, 0.4) is 0 Å². The monoisotopic (exact) mass is 1770 g/mol. The highest BCUT2D eigenvalue weighted by atomic mass is 16.3. The Bertz CT molecular complexity index is 14600. The lowest BCUT2D eigenvalue weighted by molar-refractivity contribution is 0.668. The lowest BCUT2D eigenvalue weighted by Gasteiger charge is -2.20. The van der Waals surface area contributed by atoms with Gasteiger partial charge in [-0.1, -0.05) is 405 Å². The van der Waals surface area contributed by atoms with E-state index in [1.807, 2.05) is 0 Å². The third-order valence-corrected chi connectivity index (χ3v) is 21.7. The van der Waals surface area contributed by atoms with Gasteiger partial charge in [-0.2, -0.15) is 0 Å². The Morgan fingerprint density at radius 3 is 0.797 bits per heavy atom. The number of hydrogen-bond acceptors (Lipinski definition) is 3. The van der Waals surface area contributed by atoms with E-state index < -0.39 is 757 Å². The summed E-state index contributed by atoms with van der Waals surface area (Å²) in [6.45, 7) is 0. The summed E-state index contributed by atoms with van der Waals surface area (Å²) in [5.41, 5.74) is -16.8. The molecule has 3 heteroatoms. The van der Waals surface area contributed by atoms with Crippen LogP contribution in [-0.2, 0) is 0 Å². The van der Waals surface area contributed by atoms with Crippen LogP contribution in [0.15, 0.2) is 497 Å². The number of benzene rings is 25. The van der Waals surface area contributed by atoms with Crippen molar-refractivity contribution in [2.75, 3.05) is 0 Å². The fraction of sp³-hybridized carbons (Fsp3) is 0. The number of furan rings is 3. The van der Waals surface area contributed by atoms with Gasteiger partial charge in [0.1, 0.15) is 33.5 Å². The summed E-state index contributed by atoms with van der Waals surface area (Å²) in [6, 6.07) is -73.8. The van der Waals surface area contributed by atoms with Gasteiger partial charge in [-0.05, 0) is 286 Å². The first kappa shape index (κ1) is 31.1. The minimum atomic E-state index is -1.12. The second-order valence-electron chi connectivity index (χ2n) is 28.8. The molecule has 28 rings (SSSR count). The van der Waals surface area contributed by atoms with Crippen molar-refractivity contribution in [3.05, 3.63) is 483 Å². The van der Waals surface area contributed by atoms with E-state index in [0.29, 0.717) is 0 Å². The molecule has 0 atom stereocenters. The molecular weight excluding hydrogens is 1610 g/mol. The van der Waals surface area contributed by atoms with E-state index in [4.69, 9.17) is 84.5 Å². The normalized spacial score (nSPS) is 20.2. The van der Waals surface area contributed by atoms with E-state index in [2.05, 4.69) is 0 Å². The molecule has 0 bridgehead atoms. The molecule has 618 valence electrons. The van der Waals surface area contributed by atoms with Gasteiger partial charge >= 0.3 is 0 Å². The Balaban J connectivity index is 0.000000148. The van der Waals surface area contributed by atoms with Crippen molar-refractivity contribution in [3.8, 4) is 100 Å². The van der Waals surface area contributed by atoms with Crippen molar-refractivity contribution in [3.63, 3.8) is 0 Å². The Morgan fingerprint density at radius 2 is 0.376 bits per heavy atom. The molecule has 0 aliphatic rings. The van der Waals surface area contributed by atoms with Crippen LogP contribution in [0.2, 0.25) is 0 Å². The zero-order valence-corrected chi connectivity index (χ0v) is 66.2. The maximum atomic E-state index is 9.90. The van der Waals surface area contributed by atoms with Crippen molar-refractivity contribution in [1.82, 2.24) is 0 Å². The highest BCUT2D eigenvalue weighted by Crippen LogP contribution is 2.52. The lowest BCUT2D eigenvalue weighted by atomic mass is 9.83. The van der Waals surface area contributed by atoms with Crippen molar-refractivity contribution in [2.24, 2.45) is 0 Å². The maximum Gasteiger partial charge on any atom is 0.135 e. The number of hydrogen-bond donors (Lipinski definition) is 0. The second-order valence-corrected chi connectivity index (χ2v) is 28.8. The van der Waals surface area contributed by atoms with E-state index in [1.165, 1.54) is 0 Å². The van der Waals surface area contributed by atoms with E-state index >= 15 is 0 Å². The molecule has 133 heavy (non-hydrogen) atoms. The van der Waals surface area contributed by atoms with Gasteiger partial charge in [0, 0.05) is 32.3 Å². The third-order valence-electron chi connectivity index (χ3n) is 21.7. The molecule has 0 saturated carbocycles. The largest absolute Gasteiger partial charge is 0.456 e. The first-order valence-corrected chi connectivity index (χ1v) is 39.2. The summed E-state index contributed by atoms with van der Waals surface area (Å²) in [5.74, 6) is 0. The lowest BCUT2D eigenvalue weighted by Crippen LogP contribution is -1.92. The molecule has 25 aromatic carbocycles. The molecule has 0 amide bonds. The molecule has 28 aromatic rings. The summed E-state index contributed by atoms with van der Waals surface area (Å²) in [7, 11) is 0. The summed E-state index contributed by atoms with van der Waals surface area (Å²) in [4.78, 5) is 0. The highest BCUT2D eigenvalue weighted by molar-refractivity contribution is 6.28. The van der Waals surface area contributed by atoms with Gasteiger partial charge in [-0.3, -0.25) is 0 Å². The average Bonchev–Trinajstić information content (AvgIpc) is 1.63.